The Kier molecular flexibility index (Phi) is 4.96. The summed E-state index contributed by atoms with van der Waals surface area (Å²) in [6.07, 6.45) is 2.20. The minimum atomic E-state index is 0.160. The summed E-state index contributed by atoms with van der Waals surface area (Å²) in [6.45, 7) is 1.79. The number of rotatable bonds is 3. The molecule has 0 aromatic heterocycles. The van der Waals surface area contributed by atoms with Crippen molar-refractivity contribution in [2.75, 3.05) is 18.1 Å². The van der Waals surface area contributed by atoms with E-state index in [1.54, 1.807) is 12.1 Å². The molecule has 3 N–H and O–H groups in total. The highest BCUT2D eigenvalue weighted by atomic mass is 32.1. The van der Waals surface area contributed by atoms with E-state index in [2.05, 4.69) is 4.90 Å². The average molecular weight is 340 g/mol. The Morgan fingerprint density at radius 1 is 1.04 bits per heavy atom. The fraction of sp³-hybridized carbons (Fsp3) is 0.222. The standard InChI is InChI=1S/C18H20N4OS/c19-18(24)22(14-8-2-1-3-9-14)20-17(21-12-6-7-13-21)15-10-4-5-11-16(15)23/h1-5,8-11,23H,6-7,12-13H2,(H2,19,24). The maximum Gasteiger partial charge on any atom is 0.191 e. The molecule has 124 valence electrons. The zero-order valence-corrected chi connectivity index (χ0v) is 14.1. The lowest BCUT2D eigenvalue weighted by atomic mass is 10.1. The average Bonchev–Trinajstić information content (AvgIpc) is 3.11. The normalized spacial score (nSPS) is 14.7. The molecule has 0 aliphatic carbocycles. The number of thiocarbonyl (C=S) groups is 1. The van der Waals surface area contributed by atoms with Crippen molar-refractivity contribution in [3.63, 3.8) is 0 Å². The molecule has 1 fully saturated rings. The van der Waals surface area contributed by atoms with Gasteiger partial charge in [0.1, 0.15) is 5.75 Å². The van der Waals surface area contributed by atoms with E-state index in [1.807, 2.05) is 42.5 Å². The van der Waals surface area contributed by atoms with Crippen LogP contribution in [-0.4, -0.2) is 34.0 Å². The monoisotopic (exact) mass is 340 g/mol. The van der Waals surface area contributed by atoms with E-state index >= 15 is 0 Å². The lowest BCUT2D eigenvalue weighted by molar-refractivity contribution is 0.467. The SMILES string of the molecule is NC(=S)N(N=C(c1ccccc1O)N1CCCC1)c1ccccc1. The molecule has 0 radical (unpaired) electrons. The van der Waals surface area contributed by atoms with Gasteiger partial charge in [0.15, 0.2) is 10.9 Å². The van der Waals surface area contributed by atoms with Gasteiger partial charge in [0.25, 0.3) is 0 Å². The number of anilines is 1. The van der Waals surface area contributed by atoms with E-state index in [0.717, 1.165) is 31.6 Å². The summed E-state index contributed by atoms with van der Waals surface area (Å²) in [4.78, 5) is 2.16. The third kappa shape index (κ3) is 3.49. The molecular weight excluding hydrogens is 320 g/mol. The Morgan fingerprint density at radius 3 is 2.29 bits per heavy atom. The van der Waals surface area contributed by atoms with Gasteiger partial charge in [0, 0.05) is 13.1 Å². The first-order chi connectivity index (χ1) is 11.7. The van der Waals surface area contributed by atoms with Crippen LogP contribution in [0.25, 0.3) is 0 Å². The van der Waals surface area contributed by atoms with Crippen molar-refractivity contribution in [2.24, 2.45) is 10.8 Å². The molecular formula is C18H20N4OS. The van der Waals surface area contributed by atoms with Gasteiger partial charge >= 0.3 is 0 Å². The van der Waals surface area contributed by atoms with Crippen molar-refractivity contribution in [3.8, 4) is 5.75 Å². The van der Waals surface area contributed by atoms with E-state index in [-0.39, 0.29) is 10.9 Å². The van der Waals surface area contributed by atoms with Crippen LogP contribution in [-0.2, 0) is 0 Å². The minimum absolute atomic E-state index is 0.160. The fourth-order valence-corrected chi connectivity index (χ4v) is 2.92. The number of benzene rings is 2. The third-order valence-electron chi connectivity index (χ3n) is 3.95. The van der Waals surface area contributed by atoms with Crippen LogP contribution in [0.5, 0.6) is 5.75 Å². The Hall–Kier alpha value is -2.60. The van der Waals surface area contributed by atoms with Gasteiger partial charge in [-0.15, -0.1) is 5.10 Å². The van der Waals surface area contributed by atoms with Crippen molar-refractivity contribution in [3.05, 3.63) is 60.2 Å². The van der Waals surface area contributed by atoms with E-state index < -0.39 is 0 Å². The summed E-state index contributed by atoms with van der Waals surface area (Å²) in [5.74, 6) is 0.876. The summed E-state index contributed by atoms with van der Waals surface area (Å²) in [5, 5.41) is 16.7. The van der Waals surface area contributed by atoms with Gasteiger partial charge in [-0.1, -0.05) is 30.3 Å². The highest BCUT2D eigenvalue weighted by Gasteiger charge is 2.22. The molecule has 1 saturated heterocycles. The van der Waals surface area contributed by atoms with Crippen molar-refractivity contribution >= 4 is 28.9 Å². The van der Waals surface area contributed by atoms with Gasteiger partial charge in [-0.2, -0.15) is 0 Å². The molecule has 0 unspecified atom stereocenters. The van der Waals surface area contributed by atoms with Gasteiger partial charge in [-0.05, 0) is 49.3 Å². The number of hydrogen-bond donors (Lipinski definition) is 2. The zero-order valence-electron chi connectivity index (χ0n) is 13.3. The molecule has 0 amide bonds. The third-order valence-corrected chi connectivity index (χ3v) is 4.13. The lowest BCUT2D eigenvalue weighted by Crippen LogP contribution is -2.36. The number of hydrazone groups is 1. The largest absolute Gasteiger partial charge is 0.507 e. The van der Waals surface area contributed by atoms with Gasteiger partial charge in [0.2, 0.25) is 0 Å². The number of para-hydroxylation sites is 2. The van der Waals surface area contributed by atoms with Crippen molar-refractivity contribution in [1.29, 1.82) is 0 Å². The topological polar surface area (TPSA) is 65.1 Å². The molecule has 5 nitrogen and oxygen atoms in total. The minimum Gasteiger partial charge on any atom is -0.507 e. The van der Waals surface area contributed by atoms with Crippen LogP contribution in [0.3, 0.4) is 0 Å². The Labute approximate surface area is 147 Å². The van der Waals surface area contributed by atoms with Crippen molar-refractivity contribution < 1.29 is 5.11 Å². The molecule has 1 aliphatic heterocycles. The maximum atomic E-state index is 10.3. The summed E-state index contributed by atoms with van der Waals surface area (Å²) >= 11 is 5.19. The molecule has 2 aromatic carbocycles. The second-order valence-corrected chi connectivity index (χ2v) is 6.04. The molecule has 1 aliphatic rings. The summed E-state index contributed by atoms with van der Waals surface area (Å²) in [6, 6.07) is 16.7. The highest BCUT2D eigenvalue weighted by molar-refractivity contribution is 7.80. The molecule has 0 saturated carbocycles. The summed E-state index contributed by atoms with van der Waals surface area (Å²) < 4.78 is 0. The number of nitrogens with two attached hydrogens (primary N) is 1. The molecule has 2 aromatic rings. The van der Waals surface area contributed by atoms with Crippen LogP contribution in [0.2, 0.25) is 0 Å². The van der Waals surface area contributed by atoms with Crippen molar-refractivity contribution in [1.82, 2.24) is 4.90 Å². The second kappa shape index (κ2) is 7.31. The van der Waals surface area contributed by atoms with E-state index in [0.29, 0.717) is 11.4 Å². The van der Waals surface area contributed by atoms with Crippen LogP contribution >= 0.6 is 12.2 Å². The Morgan fingerprint density at radius 2 is 1.67 bits per heavy atom. The Bertz CT molecular complexity index is 742. The molecule has 24 heavy (non-hydrogen) atoms. The number of likely N-dealkylation sites (tertiary alicyclic amines) is 1. The molecule has 1 heterocycles. The number of aromatic hydroxyl groups is 1. The quantitative estimate of drug-likeness (QED) is 0.389. The number of nitrogens with zero attached hydrogens (tertiary/aromatic N) is 3. The second-order valence-electron chi connectivity index (χ2n) is 5.62. The molecule has 3 rings (SSSR count). The summed E-state index contributed by atoms with van der Waals surface area (Å²) in [5.41, 5.74) is 7.37. The zero-order chi connectivity index (χ0) is 16.9. The van der Waals surface area contributed by atoms with E-state index in [1.165, 1.54) is 5.01 Å². The first-order valence-electron chi connectivity index (χ1n) is 7.93. The van der Waals surface area contributed by atoms with Crippen LogP contribution in [0, 0.1) is 0 Å². The number of phenolic OH excluding ortho intramolecular Hbond substituents is 1. The van der Waals surface area contributed by atoms with Crippen molar-refractivity contribution in [2.45, 2.75) is 12.8 Å². The number of phenols is 1. The van der Waals surface area contributed by atoms with Crippen LogP contribution in [0.4, 0.5) is 5.69 Å². The predicted molar refractivity (Wildman–Crippen MR) is 101 cm³/mol. The van der Waals surface area contributed by atoms with Crippen LogP contribution < -0.4 is 10.7 Å². The van der Waals surface area contributed by atoms with Crippen LogP contribution in [0.1, 0.15) is 18.4 Å². The predicted octanol–water partition coefficient (Wildman–Crippen LogP) is 2.90. The van der Waals surface area contributed by atoms with Gasteiger partial charge in [0.05, 0.1) is 11.3 Å². The number of amidine groups is 1. The van der Waals surface area contributed by atoms with E-state index in [4.69, 9.17) is 23.1 Å². The van der Waals surface area contributed by atoms with E-state index in [9.17, 15) is 5.11 Å². The smallest absolute Gasteiger partial charge is 0.191 e. The van der Waals surface area contributed by atoms with Gasteiger partial charge < -0.3 is 15.7 Å². The summed E-state index contributed by atoms with van der Waals surface area (Å²) in [7, 11) is 0. The lowest BCUT2D eigenvalue weighted by Gasteiger charge is -2.25. The van der Waals surface area contributed by atoms with Gasteiger partial charge in [-0.25, -0.2) is 5.01 Å². The molecule has 0 spiro atoms. The highest BCUT2D eigenvalue weighted by Crippen LogP contribution is 2.23. The molecule has 0 bridgehead atoms. The number of hydrogen-bond acceptors (Lipinski definition) is 3. The first kappa shape index (κ1) is 16.3. The maximum absolute atomic E-state index is 10.3. The molecule has 6 heteroatoms. The fourth-order valence-electron chi connectivity index (χ4n) is 2.78. The first-order valence-corrected chi connectivity index (χ1v) is 8.34. The van der Waals surface area contributed by atoms with Crippen LogP contribution in [0.15, 0.2) is 59.7 Å². The van der Waals surface area contributed by atoms with Gasteiger partial charge in [-0.3, -0.25) is 0 Å². The Balaban J connectivity index is 2.07. The molecule has 0 atom stereocenters.